The normalized spacial score (nSPS) is 11.5. The van der Waals surface area contributed by atoms with Crippen molar-refractivity contribution in [3.63, 3.8) is 0 Å². The molecule has 0 saturated heterocycles. The van der Waals surface area contributed by atoms with Gasteiger partial charge in [-0.1, -0.05) is 13.8 Å². The Labute approximate surface area is 106 Å². The second kappa shape index (κ2) is 6.07. The quantitative estimate of drug-likeness (QED) is 0.772. The van der Waals surface area contributed by atoms with Gasteiger partial charge in [-0.2, -0.15) is 0 Å². The molecule has 1 heterocycles. The molecule has 0 fully saturated rings. The van der Waals surface area contributed by atoms with Crippen molar-refractivity contribution in [2.24, 2.45) is 5.41 Å². The lowest BCUT2D eigenvalue weighted by Crippen LogP contribution is -2.26. The average molecular weight is 260 g/mol. The highest BCUT2D eigenvalue weighted by Gasteiger charge is 2.16. The number of carbonyl (C=O) groups is 1. The summed E-state index contributed by atoms with van der Waals surface area (Å²) in [6, 6.07) is 3.07. The molecule has 17 heavy (non-hydrogen) atoms. The third kappa shape index (κ3) is 4.79. The number of hydrogen-bond acceptors (Lipinski definition) is 3. The smallest absolute Gasteiger partial charge is 0.287 e. The monoisotopic (exact) mass is 259 g/mol. The molecule has 1 aromatic heterocycles. The summed E-state index contributed by atoms with van der Waals surface area (Å²) in [5.41, 5.74) is -0.0985. The van der Waals surface area contributed by atoms with Gasteiger partial charge in [0.1, 0.15) is 0 Å². The first-order chi connectivity index (χ1) is 7.94. The highest BCUT2D eigenvalue weighted by Crippen LogP contribution is 2.20. The lowest BCUT2D eigenvalue weighted by atomic mass is 9.89. The van der Waals surface area contributed by atoms with Crippen LogP contribution in [0.4, 0.5) is 0 Å². The van der Waals surface area contributed by atoms with E-state index >= 15 is 0 Å². The van der Waals surface area contributed by atoms with Crippen molar-refractivity contribution in [3.05, 3.63) is 23.1 Å². The second-order valence-electron chi connectivity index (χ2n) is 4.79. The highest BCUT2D eigenvalue weighted by molar-refractivity contribution is 6.29. The maximum absolute atomic E-state index is 11.5. The molecule has 1 amide bonds. The first kappa shape index (κ1) is 14.1. The Morgan fingerprint density at radius 3 is 2.76 bits per heavy atom. The number of aliphatic hydroxyl groups is 1. The summed E-state index contributed by atoms with van der Waals surface area (Å²) < 4.78 is 4.98. The fourth-order valence-electron chi connectivity index (χ4n) is 1.37. The molecule has 0 radical (unpaired) electrons. The molecule has 5 heteroatoms. The fraction of sp³-hybridized carbons (Fsp3) is 0.583. The molecule has 0 spiro atoms. The van der Waals surface area contributed by atoms with Crippen molar-refractivity contribution >= 4 is 17.5 Å². The first-order valence-electron chi connectivity index (χ1n) is 5.59. The molecule has 0 aliphatic rings. The van der Waals surface area contributed by atoms with Crippen molar-refractivity contribution in [3.8, 4) is 0 Å². The van der Waals surface area contributed by atoms with Gasteiger partial charge in [0.15, 0.2) is 11.0 Å². The summed E-state index contributed by atoms with van der Waals surface area (Å²) >= 11 is 5.57. The maximum Gasteiger partial charge on any atom is 0.287 e. The van der Waals surface area contributed by atoms with Gasteiger partial charge in [-0.15, -0.1) is 0 Å². The summed E-state index contributed by atoms with van der Waals surface area (Å²) in [5.74, 6) is -0.0462. The van der Waals surface area contributed by atoms with E-state index in [2.05, 4.69) is 5.32 Å². The van der Waals surface area contributed by atoms with Crippen LogP contribution in [0.25, 0.3) is 0 Å². The zero-order chi connectivity index (χ0) is 12.9. The van der Waals surface area contributed by atoms with Crippen molar-refractivity contribution in [2.75, 3.05) is 13.2 Å². The Morgan fingerprint density at radius 1 is 1.53 bits per heavy atom. The molecular formula is C12H18ClNO3. The maximum atomic E-state index is 11.5. The Balaban J connectivity index is 2.26. The van der Waals surface area contributed by atoms with Crippen LogP contribution in [0.15, 0.2) is 16.5 Å². The van der Waals surface area contributed by atoms with Crippen molar-refractivity contribution in [2.45, 2.75) is 26.7 Å². The first-order valence-corrected chi connectivity index (χ1v) is 5.97. The van der Waals surface area contributed by atoms with E-state index in [1.807, 2.05) is 13.8 Å². The summed E-state index contributed by atoms with van der Waals surface area (Å²) in [5, 5.41) is 12.0. The zero-order valence-corrected chi connectivity index (χ0v) is 10.9. The van der Waals surface area contributed by atoms with Gasteiger partial charge in [-0.3, -0.25) is 4.79 Å². The van der Waals surface area contributed by atoms with Crippen LogP contribution in [0.2, 0.25) is 5.22 Å². The van der Waals surface area contributed by atoms with Gasteiger partial charge in [0.05, 0.1) is 0 Å². The number of carbonyl (C=O) groups excluding carboxylic acids is 1. The van der Waals surface area contributed by atoms with Crippen LogP contribution in [0.1, 0.15) is 37.2 Å². The van der Waals surface area contributed by atoms with Crippen LogP contribution in [-0.2, 0) is 0 Å². The predicted octanol–water partition coefficient (Wildman–Crippen LogP) is 2.46. The topological polar surface area (TPSA) is 62.5 Å². The largest absolute Gasteiger partial charge is 0.440 e. The molecule has 0 aliphatic carbocycles. The SMILES string of the molecule is CC(C)(CO)CCCNC(=O)c1ccc(Cl)o1. The standard InChI is InChI=1S/C12H18ClNO3/c1-12(2,8-15)6-3-7-14-11(16)9-4-5-10(13)17-9/h4-5,15H,3,6-8H2,1-2H3,(H,14,16). The predicted molar refractivity (Wildman–Crippen MR) is 66.2 cm³/mol. The van der Waals surface area contributed by atoms with E-state index in [0.29, 0.717) is 6.54 Å². The van der Waals surface area contributed by atoms with E-state index in [1.54, 1.807) is 0 Å². The average Bonchev–Trinajstić information content (AvgIpc) is 2.71. The zero-order valence-electron chi connectivity index (χ0n) is 10.1. The number of rotatable bonds is 6. The van der Waals surface area contributed by atoms with Gasteiger partial charge in [0.25, 0.3) is 5.91 Å². The van der Waals surface area contributed by atoms with Gasteiger partial charge in [0, 0.05) is 13.2 Å². The molecule has 2 N–H and O–H groups in total. The van der Waals surface area contributed by atoms with Gasteiger partial charge in [-0.05, 0) is 42.0 Å². The molecular weight excluding hydrogens is 242 g/mol. The minimum atomic E-state index is -0.265. The lowest BCUT2D eigenvalue weighted by molar-refractivity contribution is 0.0921. The number of nitrogens with one attached hydrogen (secondary N) is 1. The molecule has 96 valence electrons. The van der Waals surface area contributed by atoms with E-state index in [9.17, 15) is 4.79 Å². The van der Waals surface area contributed by atoms with Crippen LogP contribution < -0.4 is 5.32 Å². The van der Waals surface area contributed by atoms with Crippen LogP contribution in [0.5, 0.6) is 0 Å². The minimum absolute atomic E-state index is 0.0985. The highest BCUT2D eigenvalue weighted by atomic mass is 35.5. The summed E-state index contributed by atoms with van der Waals surface area (Å²) in [4.78, 5) is 11.5. The third-order valence-electron chi connectivity index (χ3n) is 2.54. The number of aliphatic hydroxyl groups excluding tert-OH is 1. The van der Waals surface area contributed by atoms with Crippen molar-refractivity contribution in [1.29, 1.82) is 0 Å². The number of furan rings is 1. The van der Waals surface area contributed by atoms with Crippen LogP contribution in [0, 0.1) is 5.41 Å². The molecule has 4 nitrogen and oxygen atoms in total. The Bertz CT molecular complexity index is 374. The van der Waals surface area contributed by atoms with Gasteiger partial charge < -0.3 is 14.8 Å². The van der Waals surface area contributed by atoms with Gasteiger partial charge >= 0.3 is 0 Å². The number of hydrogen-bond donors (Lipinski definition) is 2. The third-order valence-corrected chi connectivity index (χ3v) is 2.74. The molecule has 1 rings (SSSR count). The molecule has 0 bridgehead atoms. The minimum Gasteiger partial charge on any atom is -0.440 e. The molecule has 0 unspecified atom stereocenters. The molecule has 0 atom stereocenters. The van der Waals surface area contributed by atoms with Crippen molar-refractivity contribution < 1.29 is 14.3 Å². The van der Waals surface area contributed by atoms with E-state index in [-0.39, 0.29) is 28.9 Å². The number of halogens is 1. The second-order valence-corrected chi connectivity index (χ2v) is 5.16. The van der Waals surface area contributed by atoms with E-state index in [1.165, 1.54) is 12.1 Å². The molecule has 0 aromatic carbocycles. The van der Waals surface area contributed by atoms with Gasteiger partial charge in [-0.25, -0.2) is 0 Å². The summed E-state index contributed by atoms with van der Waals surface area (Å²) in [6.45, 7) is 4.68. The lowest BCUT2D eigenvalue weighted by Gasteiger charge is -2.21. The Morgan fingerprint density at radius 2 is 2.24 bits per heavy atom. The van der Waals surface area contributed by atoms with Crippen LogP contribution in [-0.4, -0.2) is 24.2 Å². The number of amides is 1. The fourth-order valence-corrected chi connectivity index (χ4v) is 1.52. The summed E-state index contributed by atoms with van der Waals surface area (Å²) in [6.07, 6.45) is 1.66. The van der Waals surface area contributed by atoms with E-state index in [0.717, 1.165) is 12.8 Å². The van der Waals surface area contributed by atoms with E-state index < -0.39 is 0 Å². The van der Waals surface area contributed by atoms with Crippen LogP contribution in [0.3, 0.4) is 0 Å². The van der Waals surface area contributed by atoms with Crippen LogP contribution >= 0.6 is 11.6 Å². The van der Waals surface area contributed by atoms with Gasteiger partial charge in [0.2, 0.25) is 0 Å². The molecule has 0 aliphatic heterocycles. The van der Waals surface area contributed by atoms with E-state index in [4.69, 9.17) is 21.1 Å². The van der Waals surface area contributed by atoms with Crippen molar-refractivity contribution in [1.82, 2.24) is 5.32 Å². The Hall–Kier alpha value is -1.00. The molecule has 1 aromatic rings. The Kier molecular flexibility index (Phi) is 5.02. The summed E-state index contributed by atoms with van der Waals surface area (Å²) in [7, 11) is 0. The molecule has 0 saturated carbocycles.